The van der Waals surface area contributed by atoms with E-state index in [0.29, 0.717) is 36.0 Å². The van der Waals surface area contributed by atoms with E-state index < -0.39 is 5.60 Å². The summed E-state index contributed by atoms with van der Waals surface area (Å²) >= 11 is 0. The summed E-state index contributed by atoms with van der Waals surface area (Å²) in [5.74, 6) is 3.33. The third-order valence-corrected chi connectivity index (χ3v) is 11.7. The van der Waals surface area contributed by atoms with Crippen molar-refractivity contribution < 1.29 is 19.4 Å². The molecule has 198 valence electrons. The fourth-order valence-corrected chi connectivity index (χ4v) is 9.86. The van der Waals surface area contributed by atoms with Gasteiger partial charge in [-0.2, -0.15) is 0 Å². The van der Waals surface area contributed by atoms with Crippen LogP contribution in [0.1, 0.15) is 78.6 Å². The average molecular weight is 489 g/mol. The summed E-state index contributed by atoms with van der Waals surface area (Å²) in [7, 11) is 1.86. The molecule has 1 amide bonds. The molecule has 1 heterocycles. The van der Waals surface area contributed by atoms with E-state index in [4.69, 9.17) is 4.74 Å². The van der Waals surface area contributed by atoms with Crippen molar-refractivity contribution in [2.75, 3.05) is 46.4 Å². The molecule has 5 rings (SSSR count). The molecule has 4 saturated carbocycles. The Labute approximate surface area is 212 Å². The molecule has 0 aromatic carbocycles. The number of hydrogen-bond donors (Lipinski definition) is 1. The molecular weight excluding hydrogens is 440 g/mol. The molecule has 1 saturated heterocycles. The van der Waals surface area contributed by atoms with Crippen molar-refractivity contribution in [2.45, 2.75) is 84.2 Å². The summed E-state index contributed by atoms with van der Waals surface area (Å²) in [5, 5.41) is 10.9. The predicted octanol–water partition coefficient (Wildman–Crippen LogP) is 3.76. The number of rotatable bonds is 5. The zero-order chi connectivity index (χ0) is 25.0. The van der Waals surface area contributed by atoms with Crippen molar-refractivity contribution in [3.05, 3.63) is 0 Å². The normalized spacial score (nSPS) is 46.0. The zero-order valence-electron chi connectivity index (χ0n) is 22.6. The largest absolute Gasteiger partial charge is 0.390 e. The third-order valence-electron chi connectivity index (χ3n) is 11.7. The first-order valence-corrected chi connectivity index (χ1v) is 14.3. The lowest BCUT2D eigenvalue weighted by Crippen LogP contribution is -2.58. The van der Waals surface area contributed by atoms with Crippen molar-refractivity contribution in [3.63, 3.8) is 0 Å². The SMILES string of the molecule is COC[C@]12CC[C@@](C)(O)C[C@@H]1CC[C@H]1C3CC[C@H](C(=O)CN4CCN(C(C)=O)CC4)[C@@]3(C)CC[C@@H]12. The number of aliphatic hydroxyl groups is 1. The Morgan fingerprint density at radius 1 is 0.943 bits per heavy atom. The summed E-state index contributed by atoms with van der Waals surface area (Å²) in [6.45, 7) is 10.6. The molecule has 6 heteroatoms. The first-order valence-electron chi connectivity index (χ1n) is 14.3. The molecule has 5 aliphatic rings. The average Bonchev–Trinajstić information content (AvgIpc) is 3.17. The van der Waals surface area contributed by atoms with Crippen molar-refractivity contribution >= 4 is 11.7 Å². The second-order valence-electron chi connectivity index (χ2n) is 13.4. The molecule has 5 fully saturated rings. The van der Waals surface area contributed by atoms with Gasteiger partial charge in [-0.1, -0.05) is 6.92 Å². The van der Waals surface area contributed by atoms with E-state index in [-0.39, 0.29) is 22.7 Å². The Balaban J connectivity index is 1.28. The Kier molecular flexibility index (Phi) is 6.89. The molecule has 0 aromatic heterocycles. The van der Waals surface area contributed by atoms with E-state index in [9.17, 15) is 14.7 Å². The van der Waals surface area contributed by atoms with Crippen LogP contribution in [0.4, 0.5) is 0 Å². The second-order valence-corrected chi connectivity index (χ2v) is 13.4. The van der Waals surface area contributed by atoms with Crippen molar-refractivity contribution in [3.8, 4) is 0 Å². The van der Waals surface area contributed by atoms with Crippen LogP contribution in [0.2, 0.25) is 0 Å². The summed E-state index contributed by atoms with van der Waals surface area (Å²) in [6, 6.07) is 0. The van der Waals surface area contributed by atoms with Crippen LogP contribution in [-0.2, 0) is 14.3 Å². The minimum Gasteiger partial charge on any atom is -0.390 e. The van der Waals surface area contributed by atoms with Gasteiger partial charge in [0.1, 0.15) is 5.78 Å². The molecule has 1 aliphatic heterocycles. The maximum Gasteiger partial charge on any atom is 0.219 e. The van der Waals surface area contributed by atoms with Crippen LogP contribution in [0.5, 0.6) is 0 Å². The van der Waals surface area contributed by atoms with E-state index >= 15 is 0 Å². The Morgan fingerprint density at radius 3 is 2.37 bits per heavy atom. The predicted molar refractivity (Wildman–Crippen MR) is 136 cm³/mol. The number of amides is 1. The lowest BCUT2D eigenvalue weighted by atomic mass is 9.43. The van der Waals surface area contributed by atoms with Crippen molar-refractivity contribution in [1.29, 1.82) is 0 Å². The van der Waals surface area contributed by atoms with E-state index in [1.807, 2.05) is 18.9 Å². The monoisotopic (exact) mass is 488 g/mol. The molecule has 0 bridgehead atoms. The number of piperazine rings is 1. The zero-order valence-corrected chi connectivity index (χ0v) is 22.6. The number of fused-ring (bicyclic) bond motifs is 5. The number of nitrogens with zero attached hydrogens (tertiary/aromatic N) is 2. The molecule has 0 radical (unpaired) electrons. The van der Waals surface area contributed by atoms with Crippen LogP contribution < -0.4 is 0 Å². The molecule has 0 aromatic rings. The van der Waals surface area contributed by atoms with Gasteiger partial charge in [-0.3, -0.25) is 14.5 Å². The van der Waals surface area contributed by atoms with Crippen LogP contribution in [0, 0.1) is 40.4 Å². The van der Waals surface area contributed by atoms with Gasteiger partial charge in [0.2, 0.25) is 5.91 Å². The van der Waals surface area contributed by atoms with E-state index in [1.165, 1.54) is 25.7 Å². The second kappa shape index (κ2) is 9.40. The number of carbonyl (C=O) groups is 2. The van der Waals surface area contributed by atoms with Gasteiger partial charge < -0.3 is 14.7 Å². The van der Waals surface area contributed by atoms with Crippen LogP contribution in [0.25, 0.3) is 0 Å². The Morgan fingerprint density at radius 2 is 1.69 bits per heavy atom. The molecule has 1 N–H and O–H groups in total. The number of methoxy groups -OCH3 is 1. The lowest BCUT2D eigenvalue weighted by molar-refractivity contribution is -0.175. The highest BCUT2D eigenvalue weighted by Gasteiger charge is 2.63. The van der Waals surface area contributed by atoms with Crippen LogP contribution in [-0.4, -0.2) is 78.6 Å². The number of Topliss-reactive ketones (excluding diaryl/α,β-unsaturated/α-hetero) is 1. The molecule has 1 unspecified atom stereocenters. The van der Waals surface area contributed by atoms with E-state index in [0.717, 1.165) is 64.9 Å². The third kappa shape index (κ3) is 4.40. The van der Waals surface area contributed by atoms with Gasteiger partial charge >= 0.3 is 0 Å². The molecule has 0 spiro atoms. The maximum absolute atomic E-state index is 13.6. The van der Waals surface area contributed by atoms with Crippen molar-refractivity contribution in [1.82, 2.24) is 9.80 Å². The Hall–Kier alpha value is -0.980. The molecule has 6 nitrogen and oxygen atoms in total. The smallest absolute Gasteiger partial charge is 0.219 e. The van der Waals surface area contributed by atoms with Crippen LogP contribution >= 0.6 is 0 Å². The van der Waals surface area contributed by atoms with E-state index in [1.54, 1.807) is 6.92 Å². The van der Waals surface area contributed by atoms with Crippen molar-refractivity contribution in [2.24, 2.45) is 40.4 Å². The highest BCUT2D eigenvalue weighted by atomic mass is 16.5. The number of carbonyl (C=O) groups excluding carboxylic acids is 2. The van der Waals surface area contributed by atoms with Gasteiger partial charge in [0.15, 0.2) is 0 Å². The first-order chi connectivity index (χ1) is 16.6. The summed E-state index contributed by atoms with van der Waals surface area (Å²) in [6.07, 6.45) is 9.94. The lowest BCUT2D eigenvalue weighted by Gasteiger charge is -2.62. The van der Waals surface area contributed by atoms with E-state index in [2.05, 4.69) is 11.8 Å². The fourth-order valence-electron chi connectivity index (χ4n) is 9.86. The highest BCUT2D eigenvalue weighted by molar-refractivity contribution is 5.84. The quantitative estimate of drug-likeness (QED) is 0.638. The van der Waals surface area contributed by atoms with Gasteiger partial charge in [-0.15, -0.1) is 0 Å². The summed E-state index contributed by atoms with van der Waals surface area (Å²) in [5.41, 5.74) is -0.195. The molecule has 8 atom stereocenters. The molecular formula is C29H48N2O4. The minimum atomic E-state index is -0.529. The number of hydrogen-bond acceptors (Lipinski definition) is 5. The number of ether oxygens (including phenoxy) is 1. The van der Waals surface area contributed by atoms with Crippen LogP contribution in [0.3, 0.4) is 0 Å². The standard InChI is InChI=1S/C29H48N2O4/c1-20(32)31-15-13-30(14-16-31)18-26(33)25-8-7-23-22-6-5-21-17-27(2,34)11-12-29(21,19-35-4)24(22)9-10-28(23,25)3/h21-25,34H,5-19H2,1-4H3/t21-,22-,23?,24-,25+,27+,28-,29+/m0/s1. The Bertz CT molecular complexity index is 821. The summed E-state index contributed by atoms with van der Waals surface area (Å²) in [4.78, 5) is 29.5. The van der Waals surface area contributed by atoms with Gasteiger partial charge in [0.05, 0.1) is 18.8 Å². The summed E-state index contributed by atoms with van der Waals surface area (Å²) < 4.78 is 5.90. The molecule has 4 aliphatic carbocycles. The van der Waals surface area contributed by atoms with Gasteiger partial charge in [-0.05, 0) is 99.2 Å². The van der Waals surface area contributed by atoms with Crippen LogP contribution in [0.15, 0.2) is 0 Å². The maximum atomic E-state index is 13.6. The minimum absolute atomic E-state index is 0.126. The first kappa shape index (κ1) is 25.7. The fraction of sp³-hybridized carbons (Fsp3) is 0.931. The highest BCUT2D eigenvalue weighted by Crippen LogP contribution is 2.68. The topological polar surface area (TPSA) is 70.1 Å². The van der Waals surface area contributed by atoms with Gasteiger partial charge in [0.25, 0.3) is 0 Å². The van der Waals surface area contributed by atoms with Gasteiger partial charge in [0, 0.05) is 46.1 Å². The van der Waals surface area contributed by atoms with Gasteiger partial charge in [-0.25, -0.2) is 0 Å². The molecule has 35 heavy (non-hydrogen) atoms. The number of ketones is 1.